The van der Waals surface area contributed by atoms with Crippen LogP contribution in [-0.4, -0.2) is 24.3 Å². The van der Waals surface area contributed by atoms with Crippen LogP contribution in [0.4, 0.5) is 35.9 Å². The zero-order valence-electron chi connectivity index (χ0n) is 18.7. The minimum absolute atomic E-state index is 0.000760. The van der Waals surface area contributed by atoms with E-state index in [1.807, 2.05) is 0 Å². The van der Waals surface area contributed by atoms with Gasteiger partial charge in [-0.05, 0) is 54.6 Å². The van der Waals surface area contributed by atoms with Gasteiger partial charge in [-0.2, -0.15) is 13.2 Å². The van der Waals surface area contributed by atoms with Crippen LogP contribution in [0.1, 0.15) is 29.3 Å². The highest BCUT2D eigenvalue weighted by atomic mass is 19.4. The SMILES string of the molecule is CCC(=O)Nc1cccc(NCC(=O)Nc2cccc(C(=O)Nc3cccc(C(F)(F)F)c3)c2)c1. The number of halogens is 3. The first kappa shape index (κ1) is 25.3. The number of amides is 3. The van der Waals surface area contributed by atoms with E-state index in [0.717, 1.165) is 12.1 Å². The molecule has 0 radical (unpaired) electrons. The summed E-state index contributed by atoms with van der Waals surface area (Å²) in [5, 5.41) is 10.8. The molecular weight excluding hydrogens is 461 g/mol. The molecule has 0 aromatic heterocycles. The molecular formula is C25H23F3N4O3. The van der Waals surface area contributed by atoms with Crippen molar-refractivity contribution in [2.45, 2.75) is 19.5 Å². The van der Waals surface area contributed by atoms with Crippen LogP contribution in [0, 0.1) is 0 Å². The number of carbonyl (C=O) groups is 3. The Labute approximate surface area is 199 Å². The maximum atomic E-state index is 12.9. The summed E-state index contributed by atoms with van der Waals surface area (Å²) in [6, 6.07) is 17.2. The first-order valence-electron chi connectivity index (χ1n) is 10.7. The number of carbonyl (C=O) groups excluding carboxylic acids is 3. The van der Waals surface area contributed by atoms with Crippen LogP contribution >= 0.6 is 0 Å². The molecule has 0 unspecified atom stereocenters. The van der Waals surface area contributed by atoms with Crippen LogP contribution in [0.3, 0.4) is 0 Å². The molecule has 0 aliphatic carbocycles. The molecule has 0 heterocycles. The molecule has 0 fully saturated rings. The Bertz CT molecular complexity index is 1230. The lowest BCUT2D eigenvalue weighted by Crippen LogP contribution is -2.22. The van der Waals surface area contributed by atoms with Gasteiger partial charge in [0.25, 0.3) is 5.91 Å². The van der Waals surface area contributed by atoms with Gasteiger partial charge in [0.05, 0.1) is 12.1 Å². The number of alkyl halides is 3. The highest BCUT2D eigenvalue weighted by Crippen LogP contribution is 2.30. The van der Waals surface area contributed by atoms with Crippen LogP contribution in [0.15, 0.2) is 72.8 Å². The van der Waals surface area contributed by atoms with Gasteiger partial charge in [0.15, 0.2) is 0 Å². The van der Waals surface area contributed by atoms with Gasteiger partial charge >= 0.3 is 6.18 Å². The number of anilines is 4. The quantitative estimate of drug-likeness (QED) is 0.346. The van der Waals surface area contributed by atoms with E-state index in [-0.39, 0.29) is 29.6 Å². The van der Waals surface area contributed by atoms with E-state index in [4.69, 9.17) is 0 Å². The van der Waals surface area contributed by atoms with Gasteiger partial charge in [-0.25, -0.2) is 0 Å². The third-order valence-corrected chi connectivity index (χ3v) is 4.78. The van der Waals surface area contributed by atoms with Crippen molar-refractivity contribution in [2.75, 3.05) is 27.8 Å². The minimum Gasteiger partial charge on any atom is -0.376 e. The van der Waals surface area contributed by atoms with E-state index in [1.54, 1.807) is 43.3 Å². The lowest BCUT2D eigenvalue weighted by Gasteiger charge is -2.11. The lowest BCUT2D eigenvalue weighted by molar-refractivity contribution is -0.137. The summed E-state index contributed by atoms with van der Waals surface area (Å²) in [6.45, 7) is 1.66. The monoisotopic (exact) mass is 484 g/mol. The van der Waals surface area contributed by atoms with Crippen LogP contribution in [0.5, 0.6) is 0 Å². The topological polar surface area (TPSA) is 99.3 Å². The van der Waals surface area contributed by atoms with Crippen molar-refractivity contribution >= 4 is 40.5 Å². The molecule has 4 N–H and O–H groups in total. The summed E-state index contributed by atoms with van der Waals surface area (Å²) in [6.07, 6.45) is -4.18. The second-order valence-electron chi connectivity index (χ2n) is 7.50. The average Bonchev–Trinajstić information content (AvgIpc) is 2.83. The summed E-state index contributed by atoms with van der Waals surface area (Å²) in [5.74, 6) is -1.13. The highest BCUT2D eigenvalue weighted by Gasteiger charge is 2.30. The zero-order chi connectivity index (χ0) is 25.4. The molecule has 0 saturated heterocycles. The Balaban J connectivity index is 1.58. The fourth-order valence-corrected chi connectivity index (χ4v) is 3.06. The Morgan fingerprint density at radius 2 is 1.29 bits per heavy atom. The summed E-state index contributed by atoms with van der Waals surface area (Å²) in [4.78, 5) is 36.4. The smallest absolute Gasteiger partial charge is 0.376 e. The highest BCUT2D eigenvalue weighted by molar-refractivity contribution is 6.05. The Kier molecular flexibility index (Phi) is 8.08. The molecule has 3 rings (SSSR count). The molecule has 0 aliphatic heterocycles. The van der Waals surface area contributed by atoms with Gasteiger partial charge in [-0.1, -0.05) is 25.1 Å². The molecule has 0 aliphatic rings. The molecule has 0 saturated carbocycles. The Hall–Kier alpha value is -4.34. The van der Waals surface area contributed by atoms with Crippen molar-refractivity contribution in [2.24, 2.45) is 0 Å². The van der Waals surface area contributed by atoms with E-state index in [9.17, 15) is 27.6 Å². The van der Waals surface area contributed by atoms with Gasteiger partial charge in [-0.3, -0.25) is 14.4 Å². The van der Waals surface area contributed by atoms with E-state index in [2.05, 4.69) is 21.3 Å². The molecule has 35 heavy (non-hydrogen) atoms. The average molecular weight is 484 g/mol. The van der Waals surface area contributed by atoms with Crippen molar-refractivity contribution in [3.05, 3.63) is 83.9 Å². The maximum absolute atomic E-state index is 12.9. The molecule has 3 aromatic rings. The third kappa shape index (κ3) is 7.60. The molecule has 0 bridgehead atoms. The maximum Gasteiger partial charge on any atom is 0.416 e. The number of benzene rings is 3. The van der Waals surface area contributed by atoms with E-state index >= 15 is 0 Å². The number of rotatable bonds is 8. The van der Waals surface area contributed by atoms with Crippen molar-refractivity contribution in [1.82, 2.24) is 0 Å². The van der Waals surface area contributed by atoms with Crippen LogP contribution < -0.4 is 21.3 Å². The summed E-state index contributed by atoms with van der Waals surface area (Å²) in [5.41, 5.74) is 0.859. The largest absolute Gasteiger partial charge is 0.416 e. The van der Waals surface area contributed by atoms with Crippen molar-refractivity contribution < 1.29 is 27.6 Å². The second-order valence-corrected chi connectivity index (χ2v) is 7.50. The molecule has 7 nitrogen and oxygen atoms in total. The van der Waals surface area contributed by atoms with Gasteiger partial charge in [-0.15, -0.1) is 0 Å². The fraction of sp³-hybridized carbons (Fsp3) is 0.160. The predicted molar refractivity (Wildman–Crippen MR) is 128 cm³/mol. The first-order chi connectivity index (χ1) is 16.6. The number of nitrogens with one attached hydrogen (secondary N) is 4. The molecule has 3 amide bonds. The normalized spacial score (nSPS) is 10.9. The Morgan fingerprint density at radius 1 is 0.714 bits per heavy atom. The van der Waals surface area contributed by atoms with E-state index in [1.165, 1.54) is 24.3 Å². The minimum atomic E-state index is -4.52. The van der Waals surface area contributed by atoms with Crippen LogP contribution in [0.25, 0.3) is 0 Å². The molecule has 0 spiro atoms. The lowest BCUT2D eigenvalue weighted by atomic mass is 10.1. The van der Waals surface area contributed by atoms with Gasteiger partial charge < -0.3 is 21.3 Å². The van der Waals surface area contributed by atoms with Crippen molar-refractivity contribution in [1.29, 1.82) is 0 Å². The number of hydrogen-bond acceptors (Lipinski definition) is 4. The van der Waals surface area contributed by atoms with E-state index in [0.29, 0.717) is 23.5 Å². The summed E-state index contributed by atoms with van der Waals surface area (Å²) in [7, 11) is 0. The first-order valence-corrected chi connectivity index (χ1v) is 10.7. The molecule has 3 aromatic carbocycles. The Morgan fingerprint density at radius 3 is 1.97 bits per heavy atom. The van der Waals surface area contributed by atoms with Gasteiger partial charge in [0.1, 0.15) is 0 Å². The van der Waals surface area contributed by atoms with Crippen molar-refractivity contribution in [3.63, 3.8) is 0 Å². The molecule has 10 heteroatoms. The van der Waals surface area contributed by atoms with Crippen molar-refractivity contribution in [3.8, 4) is 0 Å². The summed E-state index contributed by atoms with van der Waals surface area (Å²) >= 11 is 0. The molecule has 182 valence electrons. The fourth-order valence-electron chi connectivity index (χ4n) is 3.06. The number of hydrogen-bond donors (Lipinski definition) is 4. The van der Waals surface area contributed by atoms with Crippen LogP contribution in [-0.2, 0) is 15.8 Å². The summed E-state index contributed by atoms with van der Waals surface area (Å²) < 4.78 is 38.7. The molecule has 0 atom stereocenters. The second kappa shape index (κ2) is 11.2. The van der Waals surface area contributed by atoms with Crippen LogP contribution in [0.2, 0.25) is 0 Å². The zero-order valence-corrected chi connectivity index (χ0v) is 18.7. The predicted octanol–water partition coefficient (Wildman–Crippen LogP) is 5.36. The standard InChI is InChI=1S/C25H23F3N4O3/c1-2-22(33)30-21-11-5-8-18(14-21)29-15-23(34)31-19-9-3-6-16(12-19)24(35)32-20-10-4-7-17(13-20)25(26,27)28/h3-14,29H,2,15H2,1H3,(H,30,33)(H,31,34)(H,32,35). The van der Waals surface area contributed by atoms with Gasteiger partial charge in [0, 0.05) is 34.7 Å². The van der Waals surface area contributed by atoms with Gasteiger partial charge in [0.2, 0.25) is 11.8 Å². The van der Waals surface area contributed by atoms with E-state index < -0.39 is 17.6 Å². The third-order valence-electron chi connectivity index (χ3n) is 4.78.